The maximum atomic E-state index is 13.0. The van der Waals surface area contributed by atoms with Crippen LogP contribution >= 0.6 is 0 Å². The van der Waals surface area contributed by atoms with E-state index >= 15 is 0 Å². The van der Waals surface area contributed by atoms with E-state index in [2.05, 4.69) is 9.84 Å². The summed E-state index contributed by atoms with van der Waals surface area (Å²) in [6.45, 7) is 1.73. The summed E-state index contributed by atoms with van der Waals surface area (Å²) in [7, 11) is 1.03. The number of rotatable bonds is 2. The van der Waals surface area contributed by atoms with Crippen LogP contribution in [0.25, 0.3) is 5.69 Å². The smallest absolute Gasteiger partial charge is 1.00 e. The number of aromatic nitrogens is 2. The molecule has 0 N–H and O–H groups in total. The molecule has 0 spiro atoms. The Balaban J connectivity index is 0.00000220. The van der Waals surface area contributed by atoms with Crippen molar-refractivity contribution in [2.24, 2.45) is 0 Å². The summed E-state index contributed by atoms with van der Waals surface area (Å²) in [6, 6.07) is 5.01. The molecule has 0 saturated carbocycles. The number of hydrogen-bond acceptors (Lipinski definition) is 3. The molecule has 0 aliphatic rings. The Bertz CT molecular complexity index is 659. The first kappa shape index (κ1) is 17.7. The maximum Gasteiger partial charge on any atom is 1.00 e. The van der Waals surface area contributed by atoms with Gasteiger partial charge in [0.2, 0.25) is 0 Å². The fourth-order valence-electron chi connectivity index (χ4n) is 1.76. The average molecular weight is 308 g/mol. The van der Waals surface area contributed by atoms with Gasteiger partial charge in [0.05, 0.1) is 29.6 Å². The standard InChI is InChI=1S/C13H11F3N2O2.Na.H/c1-8-5-6-18(17-8)9-3-4-10(12(19)20-2)11(7-9)13(14,15)16;;/h3-7H,1-2H3;;/q;+1;-1. The maximum absolute atomic E-state index is 13.0. The van der Waals surface area contributed by atoms with Gasteiger partial charge in [-0.3, -0.25) is 0 Å². The molecule has 1 aromatic heterocycles. The van der Waals surface area contributed by atoms with Gasteiger partial charge in [-0.15, -0.1) is 0 Å². The second-order valence-electron chi connectivity index (χ2n) is 4.12. The van der Waals surface area contributed by atoms with E-state index in [0.717, 1.165) is 19.2 Å². The first-order chi connectivity index (χ1) is 9.32. The van der Waals surface area contributed by atoms with Gasteiger partial charge >= 0.3 is 41.7 Å². The fourth-order valence-corrected chi connectivity index (χ4v) is 1.76. The second kappa shape index (κ2) is 6.64. The summed E-state index contributed by atoms with van der Waals surface area (Å²) in [5, 5.41) is 4.03. The van der Waals surface area contributed by atoms with Crippen molar-refractivity contribution in [1.82, 2.24) is 9.78 Å². The molecule has 4 nitrogen and oxygen atoms in total. The topological polar surface area (TPSA) is 44.1 Å². The molecule has 0 bridgehead atoms. The predicted octanol–water partition coefficient (Wildman–Crippen LogP) is 0.103. The summed E-state index contributed by atoms with van der Waals surface area (Å²) in [4.78, 5) is 11.4. The van der Waals surface area contributed by atoms with Gasteiger partial charge in [-0.25, -0.2) is 9.48 Å². The number of nitrogens with zero attached hydrogens (tertiary/aromatic N) is 2. The van der Waals surface area contributed by atoms with Gasteiger partial charge in [0.15, 0.2) is 0 Å². The molecule has 0 fully saturated rings. The molecule has 21 heavy (non-hydrogen) atoms. The molecular weight excluding hydrogens is 296 g/mol. The van der Waals surface area contributed by atoms with E-state index < -0.39 is 23.3 Å². The van der Waals surface area contributed by atoms with Gasteiger partial charge in [-0.1, -0.05) is 0 Å². The molecule has 1 aromatic carbocycles. The van der Waals surface area contributed by atoms with Gasteiger partial charge in [0.25, 0.3) is 0 Å². The Morgan fingerprint density at radius 3 is 2.48 bits per heavy atom. The molecule has 0 aliphatic carbocycles. The monoisotopic (exact) mass is 308 g/mol. The minimum Gasteiger partial charge on any atom is -1.00 e. The minimum atomic E-state index is -4.65. The Morgan fingerprint density at radius 1 is 1.33 bits per heavy atom. The van der Waals surface area contributed by atoms with E-state index in [-0.39, 0.29) is 36.7 Å². The number of ether oxygens (including phenoxy) is 1. The summed E-state index contributed by atoms with van der Waals surface area (Å²) in [5.41, 5.74) is -0.670. The molecule has 0 aliphatic heterocycles. The number of methoxy groups -OCH3 is 1. The molecule has 0 atom stereocenters. The zero-order valence-corrected chi connectivity index (χ0v) is 13.7. The number of aryl methyl sites for hydroxylation is 1. The Hall–Kier alpha value is -1.31. The van der Waals surface area contributed by atoms with Crippen LogP contribution in [0.2, 0.25) is 0 Å². The summed E-state index contributed by atoms with van der Waals surface area (Å²) in [6.07, 6.45) is -3.11. The molecule has 8 heteroatoms. The summed E-state index contributed by atoms with van der Waals surface area (Å²) < 4.78 is 44.7. The Labute approximate surface area is 142 Å². The minimum absolute atomic E-state index is 0. The molecule has 0 radical (unpaired) electrons. The number of benzene rings is 1. The van der Waals surface area contributed by atoms with E-state index in [1.165, 1.54) is 10.7 Å². The molecular formula is C13H12F3N2NaO2. The molecule has 0 saturated heterocycles. The Morgan fingerprint density at radius 2 is 2.00 bits per heavy atom. The van der Waals surface area contributed by atoms with Crippen molar-refractivity contribution < 1.29 is 53.7 Å². The van der Waals surface area contributed by atoms with Gasteiger partial charge in [0, 0.05) is 6.20 Å². The van der Waals surface area contributed by atoms with Crippen molar-refractivity contribution in [3.8, 4) is 5.69 Å². The second-order valence-corrected chi connectivity index (χ2v) is 4.12. The fraction of sp³-hybridized carbons (Fsp3) is 0.231. The number of carbonyl (C=O) groups excluding carboxylic acids is 1. The molecule has 1 heterocycles. The van der Waals surface area contributed by atoms with E-state index in [4.69, 9.17) is 0 Å². The Kier molecular flexibility index (Phi) is 5.61. The van der Waals surface area contributed by atoms with Gasteiger partial charge in [0.1, 0.15) is 0 Å². The SMILES string of the molecule is COC(=O)c1ccc(-n2ccc(C)n2)cc1C(F)(F)F.[H-].[Na+]. The van der Waals surface area contributed by atoms with E-state index in [1.807, 2.05) is 0 Å². The largest absolute Gasteiger partial charge is 1.00 e. The van der Waals surface area contributed by atoms with E-state index in [1.54, 1.807) is 19.2 Å². The quantitative estimate of drug-likeness (QED) is 0.584. The van der Waals surface area contributed by atoms with E-state index in [9.17, 15) is 18.0 Å². The number of carbonyl (C=O) groups is 1. The summed E-state index contributed by atoms with van der Waals surface area (Å²) >= 11 is 0. The van der Waals surface area contributed by atoms with Crippen LogP contribution in [-0.2, 0) is 10.9 Å². The van der Waals surface area contributed by atoms with Crippen LogP contribution in [-0.4, -0.2) is 22.9 Å². The van der Waals surface area contributed by atoms with Crippen LogP contribution < -0.4 is 29.6 Å². The van der Waals surface area contributed by atoms with Gasteiger partial charge in [-0.05, 0) is 31.2 Å². The average Bonchev–Trinajstić information content (AvgIpc) is 2.83. The van der Waals surface area contributed by atoms with Crippen molar-refractivity contribution in [2.75, 3.05) is 7.11 Å². The van der Waals surface area contributed by atoms with Crippen LogP contribution in [0.5, 0.6) is 0 Å². The molecule has 108 valence electrons. The molecule has 2 rings (SSSR count). The number of halogens is 3. The van der Waals surface area contributed by atoms with Crippen molar-refractivity contribution in [2.45, 2.75) is 13.1 Å². The van der Waals surface area contributed by atoms with Crippen molar-refractivity contribution >= 4 is 5.97 Å². The van der Waals surface area contributed by atoms with Crippen LogP contribution in [0.1, 0.15) is 23.0 Å². The van der Waals surface area contributed by atoms with Crippen LogP contribution in [0.3, 0.4) is 0 Å². The third kappa shape index (κ3) is 3.87. The zero-order chi connectivity index (χ0) is 14.9. The molecule has 2 aromatic rings. The normalized spacial score (nSPS) is 10.9. The van der Waals surface area contributed by atoms with Crippen LogP contribution in [0.4, 0.5) is 13.2 Å². The van der Waals surface area contributed by atoms with Gasteiger partial charge in [-0.2, -0.15) is 18.3 Å². The van der Waals surface area contributed by atoms with E-state index in [0.29, 0.717) is 5.69 Å². The van der Waals surface area contributed by atoms with Crippen molar-refractivity contribution in [1.29, 1.82) is 0 Å². The first-order valence-electron chi connectivity index (χ1n) is 5.65. The molecule has 0 unspecified atom stereocenters. The zero-order valence-electron chi connectivity index (χ0n) is 12.7. The number of alkyl halides is 3. The van der Waals surface area contributed by atoms with Crippen molar-refractivity contribution in [3.63, 3.8) is 0 Å². The van der Waals surface area contributed by atoms with Crippen molar-refractivity contribution in [3.05, 3.63) is 47.3 Å². The third-order valence-electron chi connectivity index (χ3n) is 2.70. The number of esters is 1. The van der Waals surface area contributed by atoms with Crippen LogP contribution in [0.15, 0.2) is 30.5 Å². The summed E-state index contributed by atoms with van der Waals surface area (Å²) in [5.74, 6) is -1.03. The van der Waals surface area contributed by atoms with Gasteiger partial charge < -0.3 is 6.16 Å². The first-order valence-corrected chi connectivity index (χ1v) is 5.65. The third-order valence-corrected chi connectivity index (χ3v) is 2.70. The van der Waals surface area contributed by atoms with Crippen LogP contribution in [0, 0.1) is 6.92 Å². The molecule has 0 amide bonds. The number of hydrogen-bond donors (Lipinski definition) is 0. The predicted molar refractivity (Wildman–Crippen MR) is 65.8 cm³/mol.